The highest BCUT2D eigenvalue weighted by Gasteiger charge is 1.95. The third-order valence-corrected chi connectivity index (χ3v) is 3.70. The van der Waals surface area contributed by atoms with Crippen molar-refractivity contribution in [3.63, 3.8) is 0 Å². The summed E-state index contributed by atoms with van der Waals surface area (Å²) in [6.07, 6.45) is 6.64. The SMILES string of the molecule is Ic1ccccc1CC/C=C\c1ccccc1. The van der Waals surface area contributed by atoms with Crippen molar-refractivity contribution in [2.45, 2.75) is 12.8 Å². The van der Waals surface area contributed by atoms with Gasteiger partial charge in [0.1, 0.15) is 0 Å². The minimum Gasteiger partial charge on any atom is -0.0836 e. The topological polar surface area (TPSA) is 0 Å². The molecular formula is C16H15I. The standard InChI is InChI=1S/C16H15I/c17-16-13-7-6-12-15(16)11-5-4-10-14-8-2-1-3-9-14/h1-4,6-10,12-13H,5,11H2/b10-4-. The highest BCUT2D eigenvalue weighted by atomic mass is 127. The smallest absolute Gasteiger partial charge is 0.0162 e. The fourth-order valence-electron chi connectivity index (χ4n) is 1.72. The molecule has 0 saturated heterocycles. The van der Waals surface area contributed by atoms with Gasteiger partial charge in [0.2, 0.25) is 0 Å². The highest BCUT2D eigenvalue weighted by molar-refractivity contribution is 14.1. The number of aryl methyl sites for hydroxylation is 1. The van der Waals surface area contributed by atoms with Crippen LogP contribution in [-0.4, -0.2) is 0 Å². The van der Waals surface area contributed by atoms with Gasteiger partial charge in [0.25, 0.3) is 0 Å². The zero-order chi connectivity index (χ0) is 11.9. The molecule has 1 heteroatoms. The summed E-state index contributed by atoms with van der Waals surface area (Å²) in [5, 5.41) is 0. The summed E-state index contributed by atoms with van der Waals surface area (Å²) in [6, 6.07) is 19.0. The van der Waals surface area contributed by atoms with Crippen LogP contribution in [0.4, 0.5) is 0 Å². The van der Waals surface area contributed by atoms with Crippen molar-refractivity contribution in [2.75, 3.05) is 0 Å². The maximum Gasteiger partial charge on any atom is 0.0162 e. The van der Waals surface area contributed by atoms with E-state index in [0.717, 1.165) is 12.8 Å². The molecule has 0 bridgehead atoms. The van der Waals surface area contributed by atoms with Crippen molar-refractivity contribution in [2.24, 2.45) is 0 Å². The molecule has 2 aromatic rings. The van der Waals surface area contributed by atoms with Crippen LogP contribution in [0.5, 0.6) is 0 Å². The molecule has 86 valence electrons. The molecule has 0 aliphatic heterocycles. The van der Waals surface area contributed by atoms with Gasteiger partial charge in [-0.3, -0.25) is 0 Å². The summed E-state index contributed by atoms with van der Waals surface area (Å²) in [4.78, 5) is 0. The lowest BCUT2D eigenvalue weighted by Crippen LogP contribution is -1.86. The quantitative estimate of drug-likeness (QED) is 0.695. The lowest BCUT2D eigenvalue weighted by atomic mass is 10.1. The molecule has 0 spiro atoms. The average molecular weight is 334 g/mol. The second kappa shape index (κ2) is 6.60. The van der Waals surface area contributed by atoms with Crippen LogP contribution >= 0.6 is 22.6 Å². The largest absolute Gasteiger partial charge is 0.0836 e. The summed E-state index contributed by atoms with van der Waals surface area (Å²) in [7, 11) is 0. The number of allylic oxidation sites excluding steroid dienone is 1. The van der Waals surface area contributed by atoms with E-state index in [4.69, 9.17) is 0 Å². The first-order chi connectivity index (χ1) is 8.36. The van der Waals surface area contributed by atoms with Gasteiger partial charge in [-0.05, 0) is 52.6 Å². The third kappa shape index (κ3) is 4.00. The van der Waals surface area contributed by atoms with Crippen LogP contribution in [0, 0.1) is 3.57 Å². The molecule has 17 heavy (non-hydrogen) atoms. The van der Waals surface area contributed by atoms with E-state index < -0.39 is 0 Å². The fraction of sp³-hybridized carbons (Fsp3) is 0.125. The van der Waals surface area contributed by atoms with E-state index in [0.29, 0.717) is 0 Å². The molecule has 2 rings (SSSR count). The number of rotatable bonds is 4. The minimum atomic E-state index is 1.09. The lowest BCUT2D eigenvalue weighted by Gasteiger charge is -2.01. The number of benzene rings is 2. The van der Waals surface area contributed by atoms with E-state index in [9.17, 15) is 0 Å². The molecule has 0 atom stereocenters. The van der Waals surface area contributed by atoms with E-state index in [1.54, 1.807) is 0 Å². The normalized spacial score (nSPS) is 10.9. The number of hydrogen-bond donors (Lipinski definition) is 0. The van der Waals surface area contributed by atoms with E-state index in [1.165, 1.54) is 14.7 Å². The van der Waals surface area contributed by atoms with Crippen molar-refractivity contribution >= 4 is 28.7 Å². The van der Waals surface area contributed by atoms with Gasteiger partial charge in [-0.2, -0.15) is 0 Å². The van der Waals surface area contributed by atoms with Crippen molar-refractivity contribution < 1.29 is 0 Å². The Hall–Kier alpha value is -1.09. The molecule has 2 aromatic carbocycles. The molecule has 0 amide bonds. The summed E-state index contributed by atoms with van der Waals surface area (Å²) in [6.45, 7) is 0. The van der Waals surface area contributed by atoms with Gasteiger partial charge in [-0.1, -0.05) is 60.7 Å². The maximum absolute atomic E-state index is 2.40. The first-order valence-corrected chi connectivity index (χ1v) is 6.89. The molecular weight excluding hydrogens is 319 g/mol. The van der Waals surface area contributed by atoms with Crippen LogP contribution in [0.3, 0.4) is 0 Å². The molecule has 0 N–H and O–H groups in total. The van der Waals surface area contributed by atoms with Crippen molar-refractivity contribution in [3.8, 4) is 0 Å². The van der Waals surface area contributed by atoms with Gasteiger partial charge in [0.05, 0.1) is 0 Å². The van der Waals surface area contributed by atoms with Gasteiger partial charge in [-0.15, -0.1) is 0 Å². The summed E-state index contributed by atoms with van der Waals surface area (Å²) < 4.78 is 1.36. The van der Waals surface area contributed by atoms with Crippen molar-refractivity contribution in [1.82, 2.24) is 0 Å². The second-order valence-electron chi connectivity index (χ2n) is 3.94. The summed E-state index contributed by atoms with van der Waals surface area (Å²) in [5.41, 5.74) is 2.71. The Bertz CT molecular complexity index is 486. The molecule has 0 saturated carbocycles. The molecule has 0 nitrogen and oxygen atoms in total. The molecule has 0 aliphatic carbocycles. The fourth-order valence-corrected chi connectivity index (χ4v) is 2.38. The average Bonchev–Trinajstić information content (AvgIpc) is 2.38. The Balaban J connectivity index is 1.88. The van der Waals surface area contributed by atoms with Crippen LogP contribution in [0.2, 0.25) is 0 Å². The molecule has 0 unspecified atom stereocenters. The molecule has 0 aromatic heterocycles. The van der Waals surface area contributed by atoms with Crippen molar-refractivity contribution in [1.29, 1.82) is 0 Å². The Kier molecular flexibility index (Phi) is 4.80. The van der Waals surface area contributed by atoms with E-state index in [-0.39, 0.29) is 0 Å². The summed E-state index contributed by atoms with van der Waals surface area (Å²) in [5.74, 6) is 0. The Morgan fingerprint density at radius 2 is 1.59 bits per heavy atom. The van der Waals surface area contributed by atoms with E-state index in [1.807, 2.05) is 6.07 Å². The predicted molar refractivity (Wildman–Crippen MR) is 83.0 cm³/mol. The first kappa shape index (κ1) is 12.4. The van der Waals surface area contributed by atoms with Crippen LogP contribution in [0.25, 0.3) is 6.08 Å². The Labute approximate surface area is 117 Å². The monoisotopic (exact) mass is 334 g/mol. The van der Waals surface area contributed by atoms with Crippen LogP contribution in [0.1, 0.15) is 17.5 Å². The summed E-state index contributed by atoms with van der Waals surface area (Å²) >= 11 is 2.40. The molecule has 0 heterocycles. The van der Waals surface area contributed by atoms with Gasteiger partial charge < -0.3 is 0 Å². The lowest BCUT2D eigenvalue weighted by molar-refractivity contribution is 0.998. The van der Waals surface area contributed by atoms with Crippen LogP contribution in [-0.2, 0) is 6.42 Å². The van der Waals surface area contributed by atoms with E-state index in [2.05, 4.69) is 83.3 Å². The van der Waals surface area contributed by atoms with E-state index >= 15 is 0 Å². The third-order valence-electron chi connectivity index (χ3n) is 2.65. The van der Waals surface area contributed by atoms with Gasteiger partial charge in [0, 0.05) is 3.57 Å². The maximum atomic E-state index is 2.40. The van der Waals surface area contributed by atoms with Crippen LogP contribution in [0.15, 0.2) is 60.7 Å². The predicted octanol–water partition coefficient (Wildman–Crippen LogP) is 4.94. The highest BCUT2D eigenvalue weighted by Crippen LogP contribution is 2.13. The van der Waals surface area contributed by atoms with Crippen molar-refractivity contribution in [3.05, 3.63) is 75.4 Å². The van der Waals surface area contributed by atoms with Gasteiger partial charge >= 0.3 is 0 Å². The molecule has 0 fully saturated rings. The first-order valence-electron chi connectivity index (χ1n) is 5.81. The second-order valence-corrected chi connectivity index (χ2v) is 5.11. The minimum absolute atomic E-state index is 1.09. The van der Waals surface area contributed by atoms with Crippen LogP contribution < -0.4 is 0 Å². The zero-order valence-electron chi connectivity index (χ0n) is 9.64. The molecule has 0 radical (unpaired) electrons. The zero-order valence-corrected chi connectivity index (χ0v) is 11.8. The number of hydrogen-bond acceptors (Lipinski definition) is 0. The number of halogens is 1. The van der Waals surface area contributed by atoms with Gasteiger partial charge in [0.15, 0.2) is 0 Å². The molecule has 0 aliphatic rings. The Morgan fingerprint density at radius 3 is 2.35 bits per heavy atom. The Morgan fingerprint density at radius 1 is 0.882 bits per heavy atom. The van der Waals surface area contributed by atoms with Gasteiger partial charge in [-0.25, -0.2) is 0 Å².